The second kappa shape index (κ2) is 7.40. The van der Waals surface area contributed by atoms with Gasteiger partial charge in [-0.25, -0.2) is 9.97 Å². The maximum Gasteiger partial charge on any atom is 0.316 e. The Hall–Kier alpha value is -1.17. The van der Waals surface area contributed by atoms with Crippen molar-refractivity contribution in [3.05, 3.63) is 16.9 Å². The summed E-state index contributed by atoms with van der Waals surface area (Å²) in [5, 5.41) is 0. The molecular formula is C16H22BrN3O2. The molecule has 1 aliphatic carbocycles. The molecule has 0 bridgehead atoms. The van der Waals surface area contributed by atoms with Crippen molar-refractivity contribution in [2.45, 2.75) is 38.5 Å². The van der Waals surface area contributed by atoms with Gasteiger partial charge >= 0.3 is 6.01 Å². The molecule has 1 saturated carbocycles. The molecular weight excluding hydrogens is 346 g/mol. The quantitative estimate of drug-likeness (QED) is 0.820. The van der Waals surface area contributed by atoms with Crippen LogP contribution in [0.15, 0.2) is 16.9 Å². The van der Waals surface area contributed by atoms with E-state index in [2.05, 4.69) is 30.8 Å². The SMILES string of the molecule is O=C(C1CCCC1)N1CCC(COc2ncc(Br)cn2)CC1. The van der Waals surface area contributed by atoms with E-state index < -0.39 is 0 Å². The Labute approximate surface area is 139 Å². The molecule has 0 N–H and O–H groups in total. The van der Waals surface area contributed by atoms with Crippen LogP contribution in [0.1, 0.15) is 38.5 Å². The van der Waals surface area contributed by atoms with Crippen LogP contribution in [0.2, 0.25) is 0 Å². The fourth-order valence-electron chi connectivity index (χ4n) is 3.32. The van der Waals surface area contributed by atoms with Crippen LogP contribution >= 0.6 is 15.9 Å². The predicted molar refractivity (Wildman–Crippen MR) is 86.5 cm³/mol. The van der Waals surface area contributed by atoms with Gasteiger partial charge in [-0.1, -0.05) is 12.8 Å². The zero-order valence-electron chi connectivity index (χ0n) is 12.7. The van der Waals surface area contributed by atoms with Crippen LogP contribution in [0.5, 0.6) is 6.01 Å². The van der Waals surface area contributed by atoms with Gasteiger partial charge in [-0.15, -0.1) is 0 Å². The third kappa shape index (κ3) is 3.97. The zero-order chi connectivity index (χ0) is 15.4. The van der Waals surface area contributed by atoms with E-state index in [0.717, 1.165) is 43.2 Å². The summed E-state index contributed by atoms with van der Waals surface area (Å²) in [6.07, 6.45) is 9.99. The van der Waals surface area contributed by atoms with E-state index in [9.17, 15) is 4.79 Å². The summed E-state index contributed by atoms with van der Waals surface area (Å²) >= 11 is 3.30. The van der Waals surface area contributed by atoms with Crippen LogP contribution in [0.25, 0.3) is 0 Å². The van der Waals surface area contributed by atoms with Crippen molar-refractivity contribution < 1.29 is 9.53 Å². The van der Waals surface area contributed by atoms with Crippen molar-refractivity contribution >= 4 is 21.8 Å². The number of hydrogen-bond acceptors (Lipinski definition) is 4. The minimum atomic E-state index is 0.295. The molecule has 1 saturated heterocycles. The molecule has 2 fully saturated rings. The van der Waals surface area contributed by atoms with Gasteiger partial charge < -0.3 is 9.64 Å². The van der Waals surface area contributed by atoms with Crippen molar-refractivity contribution in [3.63, 3.8) is 0 Å². The van der Waals surface area contributed by atoms with Gasteiger partial charge in [-0.2, -0.15) is 0 Å². The summed E-state index contributed by atoms with van der Waals surface area (Å²) in [5.74, 6) is 1.16. The van der Waals surface area contributed by atoms with E-state index in [1.54, 1.807) is 12.4 Å². The van der Waals surface area contributed by atoms with E-state index in [0.29, 0.717) is 30.4 Å². The zero-order valence-corrected chi connectivity index (χ0v) is 14.3. The van der Waals surface area contributed by atoms with Gasteiger partial charge in [0.2, 0.25) is 5.91 Å². The fourth-order valence-corrected chi connectivity index (χ4v) is 3.52. The van der Waals surface area contributed by atoms with Gasteiger partial charge in [0.1, 0.15) is 0 Å². The van der Waals surface area contributed by atoms with Gasteiger partial charge in [0.05, 0.1) is 11.1 Å². The number of carbonyl (C=O) groups is 1. The third-order valence-electron chi connectivity index (χ3n) is 4.68. The van der Waals surface area contributed by atoms with Crippen molar-refractivity contribution in [2.75, 3.05) is 19.7 Å². The van der Waals surface area contributed by atoms with Gasteiger partial charge in [-0.05, 0) is 47.5 Å². The van der Waals surface area contributed by atoms with Crippen LogP contribution in [0.4, 0.5) is 0 Å². The number of aromatic nitrogens is 2. The molecule has 2 heterocycles. The number of piperidine rings is 1. The molecule has 1 aromatic heterocycles. The molecule has 1 aromatic rings. The van der Waals surface area contributed by atoms with E-state index >= 15 is 0 Å². The molecule has 1 aliphatic heterocycles. The normalized spacial score (nSPS) is 20.3. The largest absolute Gasteiger partial charge is 0.463 e. The summed E-state index contributed by atoms with van der Waals surface area (Å²) in [6.45, 7) is 2.36. The van der Waals surface area contributed by atoms with Crippen LogP contribution in [0, 0.1) is 11.8 Å². The summed E-state index contributed by atoms with van der Waals surface area (Å²) in [7, 11) is 0. The first kappa shape index (κ1) is 15.7. The Bertz CT molecular complexity index is 495. The van der Waals surface area contributed by atoms with E-state index in [1.165, 1.54) is 12.8 Å². The first-order valence-electron chi connectivity index (χ1n) is 8.11. The van der Waals surface area contributed by atoms with Crippen LogP contribution < -0.4 is 4.74 Å². The number of rotatable bonds is 4. The fraction of sp³-hybridized carbons (Fsp3) is 0.688. The average molecular weight is 368 g/mol. The molecule has 22 heavy (non-hydrogen) atoms. The number of hydrogen-bond donors (Lipinski definition) is 0. The highest BCUT2D eigenvalue weighted by Crippen LogP contribution is 2.28. The number of carbonyl (C=O) groups excluding carboxylic acids is 1. The maximum atomic E-state index is 12.4. The molecule has 120 valence electrons. The van der Waals surface area contributed by atoms with Crippen molar-refractivity contribution in [1.82, 2.24) is 14.9 Å². The van der Waals surface area contributed by atoms with Crippen molar-refractivity contribution in [1.29, 1.82) is 0 Å². The Kier molecular flexibility index (Phi) is 5.28. The highest BCUT2D eigenvalue weighted by Gasteiger charge is 2.30. The molecule has 0 unspecified atom stereocenters. The number of ether oxygens (including phenoxy) is 1. The van der Waals surface area contributed by atoms with Gasteiger partial charge in [-0.3, -0.25) is 4.79 Å². The first-order chi connectivity index (χ1) is 10.7. The highest BCUT2D eigenvalue weighted by molar-refractivity contribution is 9.10. The van der Waals surface area contributed by atoms with E-state index in [-0.39, 0.29) is 0 Å². The predicted octanol–water partition coefficient (Wildman–Crippen LogP) is 3.05. The number of likely N-dealkylation sites (tertiary alicyclic amines) is 1. The monoisotopic (exact) mass is 367 g/mol. The number of nitrogens with zero attached hydrogens (tertiary/aromatic N) is 3. The van der Waals surface area contributed by atoms with Crippen molar-refractivity contribution in [2.24, 2.45) is 11.8 Å². The van der Waals surface area contributed by atoms with Crippen LogP contribution in [0.3, 0.4) is 0 Å². The minimum absolute atomic E-state index is 0.295. The molecule has 2 aliphatic rings. The third-order valence-corrected chi connectivity index (χ3v) is 5.08. The average Bonchev–Trinajstić information content (AvgIpc) is 3.09. The van der Waals surface area contributed by atoms with Crippen LogP contribution in [-0.4, -0.2) is 40.5 Å². The standard InChI is InChI=1S/C16H22BrN3O2/c17-14-9-18-16(19-10-14)22-11-12-5-7-20(8-6-12)15(21)13-3-1-2-4-13/h9-10,12-13H,1-8,11H2. The molecule has 3 rings (SSSR count). The molecule has 0 atom stereocenters. The number of amides is 1. The molecule has 0 aromatic carbocycles. The molecule has 0 radical (unpaired) electrons. The molecule has 1 amide bonds. The lowest BCUT2D eigenvalue weighted by Crippen LogP contribution is -2.42. The second-order valence-electron chi connectivity index (χ2n) is 6.24. The smallest absolute Gasteiger partial charge is 0.316 e. The van der Waals surface area contributed by atoms with Gasteiger partial charge in [0.15, 0.2) is 0 Å². The Morgan fingerprint density at radius 1 is 1.18 bits per heavy atom. The van der Waals surface area contributed by atoms with E-state index in [1.807, 2.05) is 0 Å². The Balaban J connectivity index is 1.41. The van der Waals surface area contributed by atoms with Crippen LogP contribution in [-0.2, 0) is 4.79 Å². The van der Waals surface area contributed by atoms with Crippen molar-refractivity contribution in [3.8, 4) is 6.01 Å². The first-order valence-corrected chi connectivity index (χ1v) is 8.91. The number of halogens is 1. The highest BCUT2D eigenvalue weighted by atomic mass is 79.9. The van der Waals surface area contributed by atoms with Gasteiger partial charge in [0.25, 0.3) is 0 Å². The Morgan fingerprint density at radius 2 is 1.82 bits per heavy atom. The topological polar surface area (TPSA) is 55.3 Å². The molecule has 5 nitrogen and oxygen atoms in total. The Morgan fingerprint density at radius 3 is 2.45 bits per heavy atom. The maximum absolute atomic E-state index is 12.4. The second-order valence-corrected chi connectivity index (χ2v) is 7.16. The summed E-state index contributed by atoms with van der Waals surface area (Å²) in [6, 6.07) is 0.424. The minimum Gasteiger partial charge on any atom is -0.463 e. The molecule has 0 spiro atoms. The summed E-state index contributed by atoms with van der Waals surface area (Å²) < 4.78 is 6.50. The van der Waals surface area contributed by atoms with E-state index in [4.69, 9.17) is 4.74 Å². The summed E-state index contributed by atoms with van der Waals surface area (Å²) in [5.41, 5.74) is 0. The summed E-state index contributed by atoms with van der Waals surface area (Å²) in [4.78, 5) is 22.7. The lowest BCUT2D eigenvalue weighted by Gasteiger charge is -2.33. The lowest BCUT2D eigenvalue weighted by molar-refractivity contribution is -0.136. The molecule has 6 heteroatoms. The van der Waals surface area contributed by atoms with Gasteiger partial charge in [0, 0.05) is 31.4 Å². The lowest BCUT2D eigenvalue weighted by atomic mass is 9.96.